The van der Waals surface area contributed by atoms with Crippen molar-refractivity contribution in [3.8, 4) is 5.75 Å². The number of hydrogen-bond acceptors (Lipinski definition) is 3. The van der Waals surface area contributed by atoms with E-state index in [0.29, 0.717) is 11.9 Å². The first-order chi connectivity index (χ1) is 10.8. The molecule has 2 aliphatic rings. The van der Waals surface area contributed by atoms with Crippen molar-refractivity contribution in [1.29, 1.82) is 0 Å². The molecule has 0 atom stereocenters. The van der Waals surface area contributed by atoms with E-state index in [0.717, 1.165) is 42.2 Å². The van der Waals surface area contributed by atoms with Crippen LogP contribution in [0.1, 0.15) is 38.5 Å². The van der Waals surface area contributed by atoms with Gasteiger partial charge in [0.15, 0.2) is 0 Å². The molecule has 0 bridgehead atoms. The van der Waals surface area contributed by atoms with E-state index in [-0.39, 0.29) is 11.8 Å². The molecular weight excluding hydrogens is 276 g/mol. The third-order valence-corrected chi connectivity index (χ3v) is 4.50. The minimum absolute atomic E-state index is 0.0908. The molecular formula is C18H20N2O2. The van der Waals surface area contributed by atoms with Gasteiger partial charge in [0.1, 0.15) is 11.6 Å². The summed E-state index contributed by atoms with van der Waals surface area (Å²) in [6.45, 7) is 0. The summed E-state index contributed by atoms with van der Waals surface area (Å²) in [6.07, 6.45) is 9.02. The van der Waals surface area contributed by atoms with Crippen LogP contribution < -0.4 is 10.1 Å². The molecule has 0 spiro atoms. The molecule has 1 aromatic carbocycles. The van der Waals surface area contributed by atoms with Crippen LogP contribution in [0.2, 0.25) is 0 Å². The Bertz CT molecular complexity index is 703. The molecule has 0 saturated heterocycles. The maximum Gasteiger partial charge on any atom is 0.228 e. The second-order valence-electron chi connectivity index (χ2n) is 6.37. The topological polar surface area (TPSA) is 51.2 Å². The number of amides is 1. The van der Waals surface area contributed by atoms with Gasteiger partial charge in [-0.2, -0.15) is 0 Å². The lowest BCUT2D eigenvalue weighted by Gasteiger charge is -2.13. The van der Waals surface area contributed by atoms with Crippen LogP contribution in [-0.2, 0) is 4.79 Å². The molecule has 2 aromatic rings. The maximum atomic E-state index is 11.8. The van der Waals surface area contributed by atoms with Crippen LogP contribution in [0, 0.1) is 5.92 Å². The Labute approximate surface area is 129 Å². The van der Waals surface area contributed by atoms with Crippen molar-refractivity contribution >= 4 is 22.5 Å². The van der Waals surface area contributed by atoms with Crippen LogP contribution in [-0.4, -0.2) is 17.0 Å². The van der Waals surface area contributed by atoms with Crippen molar-refractivity contribution in [2.75, 3.05) is 5.32 Å². The molecule has 2 aliphatic carbocycles. The van der Waals surface area contributed by atoms with Crippen molar-refractivity contribution in [2.24, 2.45) is 5.92 Å². The highest BCUT2D eigenvalue weighted by atomic mass is 16.5. The van der Waals surface area contributed by atoms with E-state index in [4.69, 9.17) is 4.74 Å². The lowest BCUT2D eigenvalue weighted by Crippen LogP contribution is -2.14. The molecule has 1 aromatic heterocycles. The van der Waals surface area contributed by atoms with E-state index in [1.54, 1.807) is 6.20 Å². The largest absolute Gasteiger partial charge is 0.490 e. The molecule has 4 heteroatoms. The van der Waals surface area contributed by atoms with Gasteiger partial charge in [0.25, 0.3) is 0 Å². The van der Waals surface area contributed by atoms with Gasteiger partial charge in [-0.25, -0.2) is 4.98 Å². The summed E-state index contributed by atoms with van der Waals surface area (Å²) in [7, 11) is 0. The molecule has 1 heterocycles. The summed E-state index contributed by atoms with van der Waals surface area (Å²) in [6, 6.07) is 8.00. The van der Waals surface area contributed by atoms with Crippen LogP contribution >= 0.6 is 0 Å². The third kappa shape index (κ3) is 2.91. The number of pyridine rings is 1. The fraction of sp³-hybridized carbons (Fsp3) is 0.444. The number of fused-ring (bicyclic) bond motifs is 1. The SMILES string of the molecule is O=C(Nc1cc2ccc(OC3CCCC3)cc2cn1)C1CC1. The van der Waals surface area contributed by atoms with Crippen molar-refractivity contribution in [3.63, 3.8) is 0 Å². The highest BCUT2D eigenvalue weighted by molar-refractivity contribution is 5.95. The van der Waals surface area contributed by atoms with Gasteiger partial charge in [0.2, 0.25) is 5.91 Å². The fourth-order valence-corrected chi connectivity index (χ4v) is 3.03. The molecule has 0 aliphatic heterocycles. The monoisotopic (exact) mass is 296 g/mol. The quantitative estimate of drug-likeness (QED) is 0.930. The second kappa shape index (κ2) is 5.59. The Hall–Kier alpha value is -2.10. The fourth-order valence-electron chi connectivity index (χ4n) is 3.03. The van der Waals surface area contributed by atoms with Crippen molar-refractivity contribution in [3.05, 3.63) is 30.5 Å². The average Bonchev–Trinajstić information content (AvgIpc) is 3.26. The number of ether oxygens (including phenoxy) is 1. The van der Waals surface area contributed by atoms with Gasteiger partial charge in [-0.1, -0.05) is 6.07 Å². The van der Waals surface area contributed by atoms with E-state index in [1.165, 1.54) is 12.8 Å². The normalized spacial score (nSPS) is 18.5. The average molecular weight is 296 g/mol. The van der Waals surface area contributed by atoms with Crippen LogP contribution in [0.4, 0.5) is 5.82 Å². The smallest absolute Gasteiger partial charge is 0.228 e. The molecule has 1 N–H and O–H groups in total. The molecule has 4 nitrogen and oxygen atoms in total. The van der Waals surface area contributed by atoms with E-state index in [2.05, 4.69) is 10.3 Å². The molecule has 1 amide bonds. The van der Waals surface area contributed by atoms with E-state index in [1.807, 2.05) is 24.3 Å². The minimum atomic E-state index is 0.0908. The molecule has 22 heavy (non-hydrogen) atoms. The number of benzene rings is 1. The Morgan fingerprint density at radius 3 is 2.68 bits per heavy atom. The van der Waals surface area contributed by atoms with Crippen molar-refractivity contribution in [1.82, 2.24) is 4.98 Å². The predicted octanol–water partition coefficient (Wildman–Crippen LogP) is 3.90. The first kappa shape index (κ1) is 13.6. The zero-order chi connectivity index (χ0) is 14.9. The number of nitrogens with one attached hydrogen (secondary N) is 1. The summed E-state index contributed by atoms with van der Waals surface area (Å²) >= 11 is 0. The minimum Gasteiger partial charge on any atom is -0.490 e. The lowest BCUT2D eigenvalue weighted by atomic mass is 10.1. The molecule has 0 radical (unpaired) electrons. The summed E-state index contributed by atoms with van der Waals surface area (Å²) in [5, 5.41) is 5.00. The van der Waals surface area contributed by atoms with Gasteiger partial charge in [-0.05, 0) is 62.1 Å². The van der Waals surface area contributed by atoms with E-state index in [9.17, 15) is 4.79 Å². The molecule has 4 rings (SSSR count). The Balaban J connectivity index is 1.51. The van der Waals surface area contributed by atoms with Gasteiger partial charge in [-0.15, -0.1) is 0 Å². The number of hydrogen-bond donors (Lipinski definition) is 1. The number of carbonyl (C=O) groups excluding carboxylic acids is 1. The van der Waals surface area contributed by atoms with Gasteiger partial charge in [0, 0.05) is 17.5 Å². The van der Waals surface area contributed by atoms with Gasteiger partial charge < -0.3 is 10.1 Å². The molecule has 0 unspecified atom stereocenters. The summed E-state index contributed by atoms with van der Waals surface area (Å²) < 4.78 is 6.02. The Morgan fingerprint density at radius 2 is 1.91 bits per heavy atom. The summed E-state index contributed by atoms with van der Waals surface area (Å²) in [5.74, 6) is 1.83. The summed E-state index contributed by atoms with van der Waals surface area (Å²) in [5.41, 5.74) is 0. The van der Waals surface area contributed by atoms with Crippen molar-refractivity contribution < 1.29 is 9.53 Å². The van der Waals surface area contributed by atoms with Crippen LogP contribution in [0.25, 0.3) is 10.8 Å². The summed E-state index contributed by atoms with van der Waals surface area (Å²) in [4.78, 5) is 16.1. The van der Waals surface area contributed by atoms with Gasteiger partial charge in [0.05, 0.1) is 6.10 Å². The van der Waals surface area contributed by atoms with Crippen LogP contribution in [0.3, 0.4) is 0 Å². The van der Waals surface area contributed by atoms with Crippen LogP contribution in [0.15, 0.2) is 30.5 Å². The predicted molar refractivity (Wildman–Crippen MR) is 86.0 cm³/mol. The first-order valence-electron chi connectivity index (χ1n) is 8.15. The highest BCUT2D eigenvalue weighted by Crippen LogP contribution is 2.31. The highest BCUT2D eigenvalue weighted by Gasteiger charge is 2.29. The standard InChI is InChI=1S/C18H20N2O2/c21-18(12-5-6-12)20-17-10-13-7-8-16(9-14(13)11-19-17)22-15-3-1-2-4-15/h7-12,15H,1-6H2,(H,19,20,21). The zero-order valence-electron chi connectivity index (χ0n) is 12.5. The number of carbonyl (C=O) groups is 1. The van der Waals surface area contributed by atoms with E-state index >= 15 is 0 Å². The number of aromatic nitrogens is 1. The Kier molecular flexibility index (Phi) is 3.45. The number of nitrogens with zero attached hydrogens (tertiary/aromatic N) is 1. The van der Waals surface area contributed by atoms with Crippen LogP contribution in [0.5, 0.6) is 5.75 Å². The second-order valence-corrected chi connectivity index (χ2v) is 6.37. The van der Waals surface area contributed by atoms with E-state index < -0.39 is 0 Å². The van der Waals surface area contributed by atoms with Gasteiger partial charge in [-0.3, -0.25) is 4.79 Å². The maximum absolute atomic E-state index is 11.8. The molecule has 114 valence electrons. The number of rotatable bonds is 4. The first-order valence-corrected chi connectivity index (χ1v) is 8.15. The lowest BCUT2D eigenvalue weighted by molar-refractivity contribution is -0.117. The molecule has 2 saturated carbocycles. The Morgan fingerprint density at radius 1 is 1.09 bits per heavy atom. The molecule has 2 fully saturated rings. The van der Waals surface area contributed by atoms with Crippen molar-refractivity contribution in [2.45, 2.75) is 44.6 Å². The zero-order valence-corrected chi connectivity index (χ0v) is 12.5. The third-order valence-electron chi connectivity index (χ3n) is 4.50. The van der Waals surface area contributed by atoms with Gasteiger partial charge >= 0.3 is 0 Å². The number of anilines is 1.